The average Bonchev–Trinajstić information content (AvgIpc) is 2.74. The summed E-state index contributed by atoms with van der Waals surface area (Å²) in [5.41, 5.74) is 3.11. The second-order valence-corrected chi connectivity index (χ2v) is 7.69. The predicted molar refractivity (Wildman–Crippen MR) is 117 cm³/mol. The summed E-state index contributed by atoms with van der Waals surface area (Å²) in [6.07, 6.45) is 6.14. The minimum atomic E-state index is 0.647. The SMILES string of the molecule is CCCON=Cc1ccc(OCCC2CCN(c3ccc(C)nn3)CC2)c(C)c1. The Morgan fingerprint density at radius 1 is 1.10 bits per heavy atom. The number of aryl methyl sites for hydroxylation is 2. The number of rotatable bonds is 9. The molecule has 29 heavy (non-hydrogen) atoms. The molecule has 3 rings (SSSR count). The standard InChI is InChI=1S/C23H32N4O2/c1-4-14-29-24-17-21-6-7-22(18(2)16-21)28-15-11-20-9-12-27(13-10-20)23-8-5-19(3)25-26-23/h5-8,16-17,20H,4,9-15H2,1-3H3. The van der Waals surface area contributed by atoms with Crippen LogP contribution in [0.5, 0.6) is 5.75 Å². The van der Waals surface area contributed by atoms with Gasteiger partial charge in [-0.1, -0.05) is 12.1 Å². The highest BCUT2D eigenvalue weighted by atomic mass is 16.6. The van der Waals surface area contributed by atoms with Crippen molar-refractivity contribution in [2.45, 2.75) is 46.5 Å². The fraction of sp³-hybridized carbons (Fsp3) is 0.522. The number of benzene rings is 1. The lowest BCUT2D eigenvalue weighted by molar-refractivity contribution is 0.146. The van der Waals surface area contributed by atoms with Gasteiger partial charge in [-0.2, -0.15) is 5.10 Å². The third kappa shape index (κ3) is 6.44. The topological polar surface area (TPSA) is 59.8 Å². The van der Waals surface area contributed by atoms with Gasteiger partial charge in [-0.15, -0.1) is 5.10 Å². The molecule has 0 atom stereocenters. The molecule has 6 nitrogen and oxygen atoms in total. The molecule has 2 aromatic rings. The van der Waals surface area contributed by atoms with Gasteiger partial charge in [0.1, 0.15) is 12.4 Å². The van der Waals surface area contributed by atoms with E-state index in [9.17, 15) is 0 Å². The van der Waals surface area contributed by atoms with Gasteiger partial charge in [0.25, 0.3) is 0 Å². The van der Waals surface area contributed by atoms with E-state index in [4.69, 9.17) is 9.57 Å². The van der Waals surface area contributed by atoms with Crippen molar-refractivity contribution in [1.82, 2.24) is 10.2 Å². The van der Waals surface area contributed by atoms with Crippen molar-refractivity contribution in [1.29, 1.82) is 0 Å². The first-order valence-electron chi connectivity index (χ1n) is 10.6. The highest BCUT2D eigenvalue weighted by Crippen LogP contribution is 2.25. The fourth-order valence-electron chi connectivity index (χ4n) is 3.50. The summed E-state index contributed by atoms with van der Waals surface area (Å²) >= 11 is 0. The second kappa shape index (κ2) is 10.8. The van der Waals surface area contributed by atoms with Crippen molar-refractivity contribution in [3.8, 4) is 5.75 Å². The summed E-state index contributed by atoms with van der Waals surface area (Å²) in [6, 6.07) is 10.2. The zero-order valence-electron chi connectivity index (χ0n) is 17.8. The quantitative estimate of drug-likeness (QED) is 0.354. The molecule has 0 unspecified atom stereocenters. The molecule has 0 radical (unpaired) electrons. The van der Waals surface area contributed by atoms with Gasteiger partial charge in [-0.25, -0.2) is 0 Å². The first-order chi connectivity index (χ1) is 14.2. The van der Waals surface area contributed by atoms with E-state index in [0.717, 1.165) is 60.9 Å². The minimum Gasteiger partial charge on any atom is -0.493 e. The van der Waals surface area contributed by atoms with Crippen LogP contribution in [0, 0.1) is 19.8 Å². The Bertz CT molecular complexity index is 784. The van der Waals surface area contributed by atoms with E-state index in [2.05, 4.69) is 46.2 Å². The normalized spacial score (nSPS) is 15.1. The fourth-order valence-corrected chi connectivity index (χ4v) is 3.50. The number of anilines is 1. The highest BCUT2D eigenvalue weighted by molar-refractivity contribution is 5.79. The van der Waals surface area contributed by atoms with E-state index < -0.39 is 0 Å². The number of nitrogens with zero attached hydrogens (tertiary/aromatic N) is 4. The Morgan fingerprint density at radius 2 is 1.93 bits per heavy atom. The van der Waals surface area contributed by atoms with Crippen molar-refractivity contribution in [3.05, 3.63) is 47.2 Å². The zero-order valence-corrected chi connectivity index (χ0v) is 17.8. The van der Waals surface area contributed by atoms with Crippen LogP contribution in [0.25, 0.3) is 0 Å². The number of piperidine rings is 1. The van der Waals surface area contributed by atoms with E-state index in [1.807, 2.05) is 25.1 Å². The smallest absolute Gasteiger partial charge is 0.151 e. The van der Waals surface area contributed by atoms with Crippen LogP contribution in [-0.4, -0.2) is 42.7 Å². The zero-order chi connectivity index (χ0) is 20.5. The minimum absolute atomic E-state index is 0.647. The molecule has 156 valence electrons. The Kier molecular flexibility index (Phi) is 7.85. The van der Waals surface area contributed by atoms with E-state index in [1.54, 1.807) is 6.21 Å². The highest BCUT2D eigenvalue weighted by Gasteiger charge is 2.20. The Labute approximate surface area is 173 Å². The Balaban J connectivity index is 1.40. The molecule has 1 saturated heterocycles. The molecule has 0 aliphatic carbocycles. The van der Waals surface area contributed by atoms with Crippen LogP contribution in [0.2, 0.25) is 0 Å². The van der Waals surface area contributed by atoms with Crippen LogP contribution in [0.15, 0.2) is 35.5 Å². The van der Waals surface area contributed by atoms with Gasteiger partial charge < -0.3 is 14.5 Å². The van der Waals surface area contributed by atoms with Crippen LogP contribution in [0.4, 0.5) is 5.82 Å². The maximum atomic E-state index is 6.05. The monoisotopic (exact) mass is 396 g/mol. The molecule has 0 amide bonds. The van der Waals surface area contributed by atoms with Crippen LogP contribution in [-0.2, 0) is 4.84 Å². The van der Waals surface area contributed by atoms with Crippen molar-refractivity contribution in [3.63, 3.8) is 0 Å². The maximum absolute atomic E-state index is 6.05. The number of hydrogen-bond donors (Lipinski definition) is 0. The first-order valence-corrected chi connectivity index (χ1v) is 10.6. The van der Waals surface area contributed by atoms with Crippen molar-refractivity contribution >= 4 is 12.0 Å². The number of aromatic nitrogens is 2. The summed E-state index contributed by atoms with van der Waals surface area (Å²) in [4.78, 5) is 7.49. The van der Waals surface area contributed by atoms with Crippen LogP contribution in [0.1, 0.15) is 49.4 Å². The molecule has 6 heteroatoms. The number of ether oxygens (including phenoxy) is 1. The number of oxime groups is 1. The molecule has 0 bridgehead atoms. The van der Waals surface area contributed by atoms with E-state index >= 15 is 0 Å². The van der Waals surface area contributed by atoms with Crippen molar-refractivity contribution in [2.75, 3.05) is 31.2 Å². The molecule has 1 aromatic carbocycles. The summed E-state index contributed by atoms with van der Waals surface area (Å²) in [7, 11) is 0. The Hall–Kier alpha value is -2.63. The third-order valence-corrected chi connectivity index (χ3v) is 5.28. The van der Waals surface area contributed by atoms with E-state index in [0.29, 0.717) is 12.5 Å². The maximum Gasteiger partial charge on any atom is 0.151 e. The summed E-state index contributed by atoms with van der Waals surface area (Å²) in [5, 5.41) is 12.5. The molecule has 0 N–H and O–H groups in total. The lowest BCUT2D eigenvalue weighted by atomic mass is 9.94. The van der Waals surface area contributed by atoms with Gasteiger partial charge in [0.05, 0.1) is 18.5 Å². The van der Waals surface area contributed by atoms with Gasteiger partial charge in [-0.05, 0) is 86.9 Å². The van der Waals surface area contributed by atoms with Crippen LogP contribution >= 0.6 is 0 Å². The van der Waals surface area contributed by atoms with Crippen LogP contribution < -0.4 is 9.64 Å². The molecule has 1 aromatic heterocycles. The van der Waals surface area contributed by atoms with Gasteiger partial charge in [0.2, 0.25) is 0 Å². The molecular formula is C23H32N4O2. The van der Waals surface area contributed by atoms with Gasteiger partial charge >= 0.3 is 0 Å². The van der Waals surface area contributed by atoms with E-state index in [1.165, 1.54) is 12.8 Å². The molecular weight excluding hydrogens is 364 g/mol. The van der Waals surface area contributed by atoms with Gasteiger partial charge in [0, 0.05) is 13.1 Å². The van der Waals surface area contributed by atoms with Crippen LogP contribution in [0.3, 0.4) is 0 Å². The molecule has 1 aliphatic heterocycles. The second-order valence-electron chi connectivity index (χ2n) is 7.69. The number of hydrogen-bond acceptors (Lipinski definition) is 6. The van der Waals surface area contributed by atoms with Gasteiger partial charge in [0.15, 0.2) is 5.82 Å². The average molecular weight is 397 g/mol. The molecule has 1 aliphatic rings. The summed E-state index contributed by atoms with van der Waals surface area (Å²) < 4.78 is 6.05. The third-order valence-electron chi connectivity index (χ3n) is 5.28. The summed E-state index contributed by atoms with van der Waals surface area (Å²) in [6.45, 7) is 9.57. The molecule has 2 heterocycles. The van der Waals surface area contributed by atoms with Crippen molar-refractivity contribution < 1.29 is 9.57 Å². The predicted octanol–water partition coefficient (Wildman–Crippen LogP) is 4.54. The first kappa shape index (κ1) is 21.1. The summed E-state index contributed by atoms with van der Waals surface area (Å²) in [5.74, 6) is 2.64. The molecule has 1 fully saturated rings. The van der Waals surface area contributed by atoms with Crippen molar-refractivity contribution in [2.24, 2.45) is 11.1 Å². The lowest BCUT2D eigenvalue weighted by Gasteiger charge is -2.32. The molecule has 0 spiro atoms. The Morgan fingerprint density at radius 3 is 2.62 bits per heavy atom. The van der Waals surface area contributed by atoms with E-state index in [-0.39, 0.29) is 0 Å². The van der Waals surface area contributed by atoms with Gasteiger partial charge in [-0.3, -0.25) is 0 Å². The molecule has 0 saturated carbocycles. The largest absolute Gasteiger partial charge is 0.493 e. The lowest BCUT2D eigenvalue weighted by Crippen LogP contribution is -2.34.